The quantitative estimate of drug-likeness (QED) is 0.518. The third-order valence-corrected chi connectivity index (χ3v) is 2.47. The molecule has 0 atom stereocenters. The Morgan fingerprint density at radius 2 is 1.69 bits per heavy atom. The SMILES string of the molecule is [B]c1cc(F)c(SC(C)C)c(F)c1. The monoisotopic (exact) mass is 198 g/mol. The van der Waals surface area contributed by atoms with Crippen molar-refractivity contribution < 1.29 is 8.78 Å². The predicted octanol–water partition coefficient (Wildman–Crippen LogP) is 2.26. The maximum atomic E-state index is 13.1. The fraction of sp³-hybridized carbons (Fsp3) is 0.333. The van der Waals surface area contributed by atoms with E-state index in [1.807, 2.05) is 13.8 Å². The summed E-state index contributed by atoms with van der Waals surface area (Å²) in [4.78, 5) is 0.0456. The van der Waals surface area contributed by atoms with E-state index in [4.69, 9.17) is 7.85 Å². The molecule has 0 fully saturated rings. The highest BCUT2D eigenvalue weighted by Gasteiger charge is 2.11. The molecule has 1 aromatic carbocycles. The molecule has 0 unspecified atom stereocenters. The molecule has 0 spiro atoms. The zero-order valence-corrected chi connectivity index (χ0v) is 8.29. The van der Waals surface area contributed by atoms with Crippen molar-refractivity contribution in [1.82, 2.24) is 0 Å². The van der Waals surface area contributed by atoms with E-state index in [9.17, 15) is 8.78 Å². The van der Waals surface area contributed by atoms with Crippen LogP contribution in [0.4, 0.5) is 8.78 Å². The molecule has 4 heteroatoms. The van der Waals surface area contributed by atoms with Crippen LogP contribution in [-0.4, -0.2) is 13.1 Å². The lowest BCUT2D eigenvalue weighted by Crippen LogP contribution is -2.06. The first-order valence-corrected chi connectivity index (χ1v) is 4.80. The van der Waals surface area contributed by atoms with Crippen molar-refractivity contribution in [2.24, 2.45) is 0 Å². The Balaban J connectivity index is 3.06. The minimum atomic E-state index is -0.587. The van der Waals surface area contributed by atoms with Gasteiger partial charge in [-0.3, -0.25) is 0 Å². The van der Waals surface area contributed by atoms with Gasteiger partial charge in [0.05, 0.1) is 4.90 Å². The number of rotatable bonds is 2. The molecule has 13 heavy (non-hydrogen) atoms. The van der Waals surface area contributed by atoms with Crippen LogP contribution in [0.25, 0.3) is 0 Å². The average Bonchev–Trinajstić information content (AvgIpc) is 1.96. The third-order valence-electron chi connectivity index (χ3n) is 1.37. The van der Waals surface area contributed by atoms with Crippen LogP contribution in [-0.2, 0) is 0 Å². The number of hydrogen-bond acceptors (Lipinski definition) is 1. The molecule has 2 radical (unpaired) electrons. The Morgan fingerprint density at radius 1 is 1.23 bits per heavy atom. The van der Waals surface area contributed by atoms with Gasteiger partial charge in [0, 0.05) is 5.25 Å². The van der Waals surface area contributed by atoms with Gasteiger partial charge in [-0.05, 0) is 12.1 Å². The van der Waals surface area contributed by atoms with E-state index in [-0.39, 0.29) is 15.6 Å². The fourth-order valence-electron chi connectivity index (χ4n) is 0.928. The Bertz CT molecular complexity index is 289. The molecule has 0 bridgehead atoms. The van der Waals surface area contributed by atoms with Gasteiger partial charge in [-0.1, -0.05) is 19.3 Å². The van der Waals surface area contributed by atoms with Crippen molar-refractivity contribution in [2.45, 2.75) is 24.0 Å². The molecule has 0 saturated heterocycles. The highest BCUT2D eigenvalue weighted by molar-refractivity contribution is 7.99. The van der Waals surface area contributed by atoms with Gasteiger partial charge < -0.3 is 0 Å². The van der Waals surface area contributed by atoms with Gasteiger partial charge in [-0.25, -0.2) is 8.78 Å². The number of thioether (sulfide) groups is 1. The topological polar surface area (TPSA) is 0 Å². The minimum Gasteiger partial charge on any atom is -0.206 e. The first-order chi connectivity index (χ1) is 6.00. The summed E-state index contributed by atoms with van der Waals surface area (Å²) < 4.78 is 26.3. The van der Waals surface area contributed by atoms with Gasteiger partial charge in [-0.15, -0.1) is 11.8 Å². The lowest BCUT2D eigenvalue weighted by molar-refractivity contribution is 0.542. The van der Waals surface area contributed by atoms with Crippen molar-refractivity contribution in [2.75, 3.05) is 0 Å². The van der Waals surface area contributed by atoms with Crippen molar-refractivity contribution >= 4 is 25.1 Å². The molecule has 1 aromatic rings. The van der Waals surface area contributed by atoms with Gasteiger partial charge >= 0.3 is 0 Å². The fourth-order valence-corrected chi connectivity index (χ4v) is 1.74. The summed E-state index contributed by atoms with van der Waals surface area (Å²) in [6, 6.07) is 2.27. The second kappa shape index (κ2) is 4.14. The van der Waals surface area contributed by atoms with Gasteiger partial charge in [-0.2, -0.15) is 0 Å². The molecule has 1 rings (SSSR count). The number of benzene rings is 1. The van der Waals surface area contributed by atoms with E-state index in [0.29, 0.717) is 0 Å². The van der Waals surface area contributed by atoms with Gasteiger partial charge in [0.2, 0.25) is 0 Å². The molecule has 0 aliphatic heterocycles. The predicted molar refractivity (Wildman–Crippen MR) is 52.7 cm³/mol. The lowest BCUT2D eigenvalue weighted by Gasteiger charge is -2.08. The smallest absolute Gasteiger partial charge is 0.139 e. The summed E-state index contributed by atoms with van der Waals surface area (Å²) in [5, 5.41) is 0.146. The van der Waals surface area contributed by atoms with E-state index >= 15 is 0 Å². The molecule has 68 valence electrons. The molecule has 0 aliphatic carbocycles. The molecule has 0 heterocycles. The molecule has 0 aromatic heterocycles. The van der Waals surface area contributed by atoms with Crippen molar-refractivity contribution in [1.29, 1.82) is 0 Å². The zero-order chi connectivity index (χ0) is 10.0. The summed E-state index contributed by atoms with van der Waals surface area (Å²) >= 11 is 1.15. The summed E-state index contributed by atoms with van der Waals surface area (Å²) in [7, 11) is 5.27. The maximum Gasteiger partial charge on any atom is 0.139 e. The Labute approximate surface area is 82.1 Å². The van der Waals surface area contributed by atoms with E-state index in [1.54, 1.807) is 0 Å². The van der Waals surface area contributed by atoms with Gasteiger partial charge in [0.1, 0.15) is 19.5 Å². The highest BCUT2D eigenvalue weighted by atomic mass is 32.2. The van der Waals surface area contributed by atoms with Gasteiger partial charge in [0.15, 0.2) is 0 Å². The summed E-state index contributed by atoms with van der Waals surface area (Å²) in [6.45, 7) is 3.75. The Kier molecular flexibility index (Phi) is 3.36. The molecule has 0 amide bonds. The van der Waals surface area contributed by atoms with Crippen LogP contribution in [0, 0.1) is 11.6 Å². The Hall–Kier alpha value is -0.505. The molecule has 0 saturated carbocycles. The normalized spacial score (nSPS) is 10.8. The Morgan fingerprint density at radius 3 is 2.08 bits per heavy atom. The van der Waals surface area contributed by atoms with E-state index in [1.165, 1.54) is 0 Å². The molecular formula is C9H9BF2S. The van der Waals surface area contributed by atoms with Crippen LogP contribution >= 0.6 is 11.8 Å². The van der Waals surface area contributed by atoms with Crippen LogP contribution < -0.4 is 5.46 Å². The van der Waals surface area contributed by atoms with Crippen molar-refractivity contribution in [3.63, 3.8) is 0 Å². The largest absolute Gasteiger partial charge is 0.206 e. The van der Waals surface area contributed by atoms with Crippen LogP contribution in [0.5, 0.6) is 0 Å². The van der Waals surface area contributed by atoms with Crippen LogP contribution in [0.1, 0.15) is 13.8 Å². The second-order valence-electron chi connectivity index (χ2n) is 2.98. The van der Waals surface area contributed by atoms with Crippen LogP contribution in [0.2, 0.25) is 0 Å². The van der Waals surface area contributed by atoms with Crippen LogP contribution in [0.3, 0.4) is 0 Å². The van der Waals surface area contributed by atoms with E-state index in [0.717, 1.165) is 23.9 Å². The highest BCUT2D eigenvalue weighted by Crippen LogP contribution is 2.27. The first kappa shape index (κ1) is 10.6. The molecule has 0 N–H and O–H groups in total. The van der Waals surface area contributed by atoms with Crippen molar-refractivity contribution in [3.8, 4) is 0 Å². The molecular weight excluding hydrogens is 189 g/mol. The summed E-state index contributed by atoms with van der Waals surface area (Å²) in [5.74, 6) is -1.17. The van der Waals surface area contributed by atoms with E-state index < -0.39 is 11.6 Å². The zero-order valence-electron chi connectivity index (χ0n) is 7.47. The van der Waals surface area contributed by atoms with Crippen molar-refractivity contribution in [3.05, 3.63) is 23.8 Å². The number of hydrogen-bond donors (Lipinski definition) is 0. The molecule has 0 aliphatic rings. The van der Waals surface area contributed by atoms with Crippen LogP contribution in [0.15, 0.2) is 17.0 Å². The summed E-state index contributed by atoms with van der Waals surface area (Å²) in [6.07, 6.45) is 0. The summed E-state index contributed by atoms with van der Waals surface area (Å²) in [5.41, 5.74) is 0.114. The van der Waals surface area contributed by atoms with Gasteiger partial charge in [0.25, 0.3) is 0 Å². The minimum absolute atomic E-state index is 0.0456. The van der Waals surface area contributed by atoms with E-state index in [2.05, 4.69) is 0 Å². The first-order valence-electron chi connectivity index (χ1n) is 3.92. The third kappa shape index (κ3) is 2.73. The number of halogens is 2. The lowest BCUT2D eigenvalue weighted by atomic mass is 9.96. The second-order valence-corrected chi connectivity index (χ2v) is 4.57. The maximum absolute atomic E-state index is 13.1. The standard InChI is InChI=1S/C9H9BF2S/c1-5(2)13-9-7(11)3-6(10)4-8(9)12/h3-5H,1-2H3. The average molecular weight is 198 g/mol. The molecule has 0 nitrogen and oxygen atoms in total.